The van der Waals surface area contributed by atoms with Crippen molar-refractivity contribution in [3.63, 3.8) is 0 Å². The van der Waals surface area contributed by atoms with Gasteiger partial charge in [-0.1, -0.05) is 18.2 Å². The second-order valence-corrected chi connectivity index (χ2v) is 4.98. The molecule has 1 aromatic heterocycles. The van der Waals surface area contributed by atoms with E-state index in [1.54, 1.807) is 0 Å². The molecule has 1 saturated carbocycles. The highest BCUT2D eigenvalue weighted by Crippen LogP contribution is 2.32. The van der Waals surface area contributed by atoms with Gasteiger partial charge in [-0.3, -0.25) is 5.41 Å². The van der Waals surface area contributed by atoms with Gasteiger partial charge in [-0.2, -0.15) is 0 Å². The molecule has 1 heterocycles. The molecule has 4 nitrogen and oxygen atoms in total. The van der Waals surface area contributed by atoms with Gasteiger partial charge < -0.3 is 10.6 Å². The molecule has 0 radical (unpaired) electrons. The number of pyridine rings is 1. The number of nitrogen functional groups attached to an aromatic ring is 1. The molecule has 0 saturated heterocycles. The first-order chi connectivity index (χ1) is 9.20. The van der Waals surface area contributed by atoms with Gasteiger partial charge in [0.1, 0.15) is 11.7 Å². The SMILES string of the molecule is CCN(c1cc(C(=N)N)c2ccccc2n1)C1CC1. The van der Waals surface area contributed by atoms with E-state index in [1.807, 2.05) is 30.3 Å². The summed E-state index contributed by atoms with van der Waals surface area (Å²) in [5, 5.41) is 8.72. The van der Waals surface area contributed by atoms with E-state index in [0.717, 1.165) is 28.8 Å². The fourth-order valence-electron chi connectivity index (χ4n) is 2.52. The number of nitrogens with zero attached hydrogens (tertiary/aromatic N) is 2. The Labute approximate surface area is 112 Å². The summed E-state index contributed by atoms with van der Waals surface area (Å²) < 4.78 is 0. The number of hydrogen-bond acceptors (Lipinski definition) is 3. The minimum Gasteiger partial charge on any atom is -0.384 e. The van der Waals surface area contributed by atoms with E-state index in [9.17, 15) is 0 Å². The summed E-state index contributed by atoms with van der Waals surface area (Å²) in [5.41, 5.74) is 7.40. The number of amidine groups is 1. The van der Waals surface area contributed by atoms with Crippen LogP contribution in [0.4, 0.5) is 5.82 Å². The molecule has 0 spiro atoms. The van der Waals surface area contributed by atoms with Crippen molar-refractivity contribution < 1.29 is 0 Å². The normalized spacial score (nSPS) is 14.6. The Morgan fingerprint density at radius 3 is 2.79 bits per heavy atom. The van der Waals surface area contributed by atoms with Crippen molar-refractivity contribution in [2.75, 3.05) is 11.4 Å². The molecule has 0 atom stereocenters. The molecule has 1 aromatic carbocycles. The van der Waals surface area contributed by atoms with E-state index in [4.69, 9.17) is 16.1 Å². The molecular formula is C15H18N4. The molecule has 0 amide bonds. The van der Waals surface area contributed by atoms with Crippen molar-refractivity contribution in [1.82, 2.24) is 4.98 Å². The van der Waals surface area contributed by atoms with Crippen LogP contribution in [0.2, 0.25) is 0 Å². The fourth-order valence-corrected chi connectivity index (χ4v) is 2.52. The summed E-state index contributed by atoms with van der Waals surface area (Å²) in [5.74, 6) is 1.04. The minimum atomic E-state index is 0.103. The molecule has 0 unspecified atom stereocenters. The number of aromatic nitrogens is 1. The molecule has 2 aromatic rings. The molecule has 0 aliphatic heterocycles. The van der Waals surface area contributed by atoms with Crippen LogP contribution in [0.25, 0.3) is 10.9 Å². The monoisotopic (exact) mass is 254 g/mol. The Bertz CT molecular complexity index is 631. The Hall–Kier alpha value is -2.10. The molecule has 4 heteroatoms. The third-order valence-electron chi connectivity index (χ3n) is 3.62. The van der Waals surface area contributed by atoms with E-state index < -0.39 is 0 Å². The Balaban J connectivity index is 2.17. The quantitative estimate of drug-likeness (QED) is 0.650. The molecule has 1 aliphatic carbocycles. The van der Waals surface area contributed by atoms with Crippen molar-refractivity contribution in [3.05, 3.63) is 35.9 Å². The second-order valence-electron chi connectivity index (χ2n) is 4.98. The summed E-state index contributed by atoms with van der Waals surface area (Å²) >= 11 is 0. The van der Waals surface area contributed by atoms with Crippen molar-refractivity contribution in [2.24, 2.45) is 5.73 Å². The lowest BCUT2D eigenvalue weighted by Gasteiger charge is -2.22. The van der Waals surface area contributed by atoms with Gasteiger partial charge in [-0.25, -0.2) is 4.98 Å². The van der Waals surface area contributed by atoms with Gasteiger partial charge in [0.25, 0.3) is 0 Å². The van der Waals surface area contributed by atoms with Crippen molar-refractivity contribution >= 4 is 22.6 Å². The number of nitrogens with one attached hydrogen (secondary N) is 1. The van der Waals surface area contributed by atoms with E-state index in [0.29, 0.717) is 6.04 Å². The number of para-hydroxylation sites is 1. The zero-order valence-corrected chi connectivity index (χ0v) is 11.1. The first-order valence-electron chi connectivity index (χ1n) is 6.71. The van der Waals surface area contributed by atoms with Gasteiger partial charge in [-0.15, -0.1) is 0 Å². The number of anilines is 1. The third kappa shape index (κ3) is 2.14. The standard InChI is InChI=1S/C15H18N4/c1-2-19(10-7-8-10)14-9-12(15(16)17)11-5-3-4-6-13(11)18-14/h3-6,9-10H,2,7-8H2,1H3,(H3,16,17). The van der Waals surface area contributed by atoms with E-state index >= 15 is 0 Å². The molecule has 1 aliphatic rings. The van der Waals surface area contributed by atoms with Gasteiger partial charge in [0.05, 0.1) is 5.52 Å². The van der Waals surface area contributed by atoms with Crippen LogP contribution in [-0.4, -0.2) is 23.4 Å². The van der Waals surface area contributed by atoms with E-state index in [2.05, 4.69) is 11.8 Å². The van der Waals surface area contributed by atoms with E-state index in [-0.39, 0.29) is 5.84 Å². The van der Waals surface area contributed by atoms with Gasteiger partial charge in [0.15, 0.2) is 0 Å². The number of hydrogen-bond donors (Lipinski definition) is 2. The molecular weight excluding hydrogens is 236 g/mol. The lowest BCUT2D eigenvalue weighted by molar-refractivity contribution is 0.811. The first kappa shape index (κ1) is 12.0. The van der Waals surface area contributed by atoms with Gasteiger partial charge >= 0.3 is 0 Å². The maximum atomic E-state index is 7.77. The fraction of sp³-hybridized carbons (Fsp3) is 0.333. The Morgan fingerprint density at radius 1 is 1.42 bits per heavy atom. The Kier molecular flexibility index (Phi) is 2.85. The number of benzene rings is 1. The lowest BCUT2D eigenvalue weighted by Crippen LogP contribution is -2.26. The molecule has 19 heavy (non-hydrogen) atoms. The maximum Gasteiger partial charge on any atom is 0.130 e. The Morgan fingerprint density at radius 2 is 2.16 bits per heavy atom. The summed E-state index contributed by atoms with van der Waals surface area (Å²) in [6, 6.07) is 10.4. The van der Waals surface area contributed by atoms with Crippen molar-refractivity contribution in [3.8, 4) is 0 Å². The zero-order valence-electron chi connectivity index (χ0n) is 11.1. The van der Waals surface area contributed by atoms with Crippen molar-refractivity contribution in [1.29, 1.82) is 5.41 Å². The maximum absolute atomic E-state index is 7.77. The minimum absolute atomic E-state index is 0.103. The largest absolute Gasteiger partial charge is 0.384 e. The lowest BCUT2D eigenvalue weighted by atomic mass is 10.1. The topological polar surface area (TPSA) is 66.0 Å². The summed E-state index contributed by atoms with van der Waals surface area (Å²) in [7, 11) is 0. The van der Waals surface area contributed by atoms with Crippen LogP contribution in [-0.2, 0) is 0 Å². The highest BCUT2D eigenvalue weighted by molar-refractivity contribution is 6.07. The summed E-state index contributed by atoms with van der Waals surface area (Å²) in [6.07, 6.45) is 2.47. The summed E-state index contributed by atoms with van der Waals surface area (Å²) in [6.45, 7) is 3.08. The number of fused-ring (bicyclic) bond motifs is 1. The van der Waals surface area contributed by atoms with Gasteiger partial charge in [0, 0.05) is 23.5 Å². The molecule has 3 rings (SSSR count). The van der Waals surface area contributed by atoms with Gasteiger partial charge in [0.2, 0.25) is 0 Å². The average molecular weight is 254 g/mol. The predicted octanol–water partition coefficient (Wildman–Crippen LogP) is 2.51. The molecule has 0 bridgehead atoms. The number of nitrogens with two attached hydrogens (primary N) is 1. The number of rotatable bonds is 4. The molecule has 98 valence electrons. The van der Waals surface area contributed by atoms with Crippen molar-refractivity contribution in [2.45, 2.75) is 25.8 Å². The highest BCUT2D eigenvalue weighted by Gasteiger charge is 2.29. The van der Waals surface area contributed by atoms with Crippen LogP contribution in [0.15, 0.2) is 30.3 Å². The van der Waals surface area contributed by atoms with Crippen LogP contribution >= 0.6 is 0 Å². The van der Waals surface area contributed by atoms with Crippen LogP contribution in [0, 0.1) is 5.41 Å². The third-order valence-corrected chi connectivity index (χ3v) is 3.62. The van der Waals surface area contributed by atoms with Gasteiger partial charge in [-0.05, 0) is 31.9 Å². The van der Waals surface area contributed by atoms with Crippen LogP contribution in [0.1, 0.15) is 25.3 Å². The predicted molar refractivity (Wildman–Crippen MR) is 78.8 cm³/mol. The van der Waals surface area contributed by atoms with Crippen LogP contribution in [0.3, 0.4) is 0 Å². The van der Waals surface area contributed by atoms with Crippen LogP contribution < -0.4 is 10.6 Å². The zero-order chi connectivity index (χ0) is 13.4. The first-order valence-corrected chi connectivity index (χ1v) is 6.71. The molecule has 3 N–H and O–H groups in total. The smallest absolute Gasteiger partial charge is 0.130 e. The van der Waals surface area contributed by atoms with E-state index in [1.165, 1.54) is 12.8 Å². The average Bonchev–Trinajstić information content (AvgIpc) is 3.23. The molecule has 1 fully saturated rings. The van der Waals surface area contributed by atoms with Crippen LogP contribution in [0.5, 0.6) is 0 Å². The summed E-state index contributed by atoms with van der Waals surface area (Å²) in [4.78, 5) is 7.03. The highest BCUT2D eigenvalue weighted by atomic mass is 15.2. The second kappa shape index (κ2) is 4.53.